The van der Waals surface area contributed by atoms with Crippen molar-refractivity contribution in [3.05, 3.63) is 154 Å². The number of non-ortho nitro benzene ring substituents is 2. The van der Waals surface area contributed by atoms with Crippen LogP contribution in [0.3, 0.4) is 0 Å². The Bertz CT molecular complexity index is 3880. The Hall–Kier alpha value is -8.29. The summed E-state index contributed by atoms with van der Waals surface area (Å²) in [6.07, 6.45) is 0. The molecule has 0 heterocycles. The number of phenols is 4. The molecule has 1 radical (unpaired) electrons. The zero-order valence-electron chi connectivity index (χ0n) is 45.0. The summed E-state index contributed by atoms with van der Waals surface area (Å²) in [5.74, 6) is -2.41. The average Bonchev–Trinajstić information content (AvgIpc) is 3.33. The van der Waals surface area contributed by atoms with Gasteiger partial charge in [-0.05, 0) is 108 Å². The van der Waals surface area contributed by atoms with E-state index in [2.05, 4.69) is 31.1 Å². The van der Waals surface area contributed by atoms with Crippen LogP contribution in [0.2, 0.25) is 0 Å². The Morgan fingerprint density at radius 1 is 0.481 bits per heavy atom. The van der Waals surface area contributed by atoms with Crippen LogP contribution in [0.15, 0.2) is 164 Å². The van der Waals surface area contributed by atoms with Crippen molar-refractivity contribution in [2.24, 2.45) is 20.5 Å². The van der Waals surface area contributed by atoms with Crippen LogP contribution in [-0.2, 0) is 46.1 Å². The Balaban J connectivity index is 0. The topological polar surface area (TPSA) is 464 Å². The molecule has 8 aromatic carbocycles. The third-order valence-electron chi connectivity index (χ3n) is 10.5. The molecule has 0 saturated heterocycles. The summed E-state index contributed by atoms with van der Waals surface area (Å²) in [5.41, 5.74) is -1.69. The first-order valence-corrected chi connectivity index (χ1v) is 26.8. The molecule has 8 rings (SSSR count). The Kier molecular flexibility index (Phi) is 16.9. The molecule has 0 unspecified atom stereocenters. The van der Waals surface area contributed by atoms with E-state index in [9.17, 15) is 95.3 Å². The van der Waals surface area contributed by atoms with Crippen molar-refractivity contribution in [1.82, 2.24) is 0 Å². The third-order valence-corrected chi connectivity index (χ3v) is 14.1. The van der Waals surface area contributed by atoms with Crippen LogP contribution in [0, 0.1) is 20.2 Å². The van der Waals surface area contributed by atoms with Crippen molar-refractivity contribution in [1.29, 1.82) is 0 Å². The second kappa shape index (κ2) is 22.5. The van der Waals surface area contributed by atoms with Gasteiger partial charge in [0.15, 0.2) is 11.5 Å². The number of aromatic hydroxyl groups is 4. The molecule has 77 heavy (non-hydrogen) atoms. The molecule has 0 fully saturated rings. The van der Waals surface area contributed by atoms with Gasteiger partial charge in [0.05, 0.1) is 20.5 Å². The smallest absolute Gasteiger partial charge is 0.506 e. The maximum absolute atomic E-state index is 12.1. The fraction of sp³-hybridized carbons (Fsp3) is 0. The number of nitro benzene ring substituents is 2. The van der Waals surface area contributed by atoms with Gasteiger partial charge in [-0.2, -0.15) is 16.8 Å². The number of fused-ring (bicyclic) bond motifs is 2. The van der Waals surface area contributed by atoms with Gasteiger partial charge in [-0.1, -0.05) is 12.1 Å². The molecule has 0 atom stereocenters. The molecule has 0 amide bonds. The van der Waals surface area contributed by atoms with Crippen molar-refractivity contribution >= 4 is 124 Å². The first-order valence-electron chi connectivity index (χ1n) is 20.7. The molecule has 8 aromatic rings. The predicted octanol–water partition coefficient (Wildman–Crippen LogP) is 9.52. The fourth-order valence-electron chi connectivity index (χ4n) is 6.93. The molecule has 28 nitrogen and oxygen atoms in total. The van der Waals surface area contributed by atoms with Crippen LogP contribution in [0.5, 0.6) is 23.0 Å². The number of rotatable bonds is 14. The van der Waals surface area contributed by atoms with E-state index < -0.39 is 112 Å². The molecule has 0 aliphatic rings. The standard InChI is InChI=1S/2C22H17N4O10PS.Co/c2*27-19-7-5-15(26(29)30)11-18(19)24-25-21-20(38(34,35)36)9-12-8-14(4-6-17(12)22(21)28)23-13-2-1-3-16(10-13)37(31,32)33;/h2*1-11,23,27-28H,(H2,31,32,33)(H,34,35,36);/p+7. The molecule has 0 aliphatic carbocycles. The monoisotopic (exact) mass is 1190 g/mol. The normalized spacial score (nSPS) is 12.0. The van der Waals surface area contributed by atoms with Crippen molar-refractivity contribution in [2.45, 2.75) is 9.79 Å². The zero-order valence-corrected chi connectivity index (χ0v) is 42.4. The summed E-state index contributed by atoms with van der Waals surface area (Å²) < 4.78 is 90.9. The number of hydrogen-bond donors (Lipinski definition) is 12. The van der Waals surface area contributed by atoms with Crippen LogP contribution in [0.4, 0.5) is 56.9 Å². The van der Waals surface area contributed by atoms with E-state index in [-0.39, 0.29) is 58.9 Å². The van der Waals surface area contributed by atoms with E-state index >= 15 is 0 Å². The van der Waals surface area contributed by atoms with Gasteiger partial charge in [0.1, 0.15) is 44.0 Å². The van der Waals surface area contributed by atoms with Gasteiger partial charge < -0.3 is 50.6 Å². The second-order valence-corrected chi connectivity index (χ2v) is 21.7. The minimum Gasteiger partial charge on any atom is -0.506 e. The number of nitrogens with one attached hydrogen (secondary N) is 2. The van der Waals surface area contributed by atoms with Crippen LogP contribution < -0.4 is 21.2 Å². The number of azo groups is 2. The number of phenolic OH excluding ortho intramolecular Hbond substituents is 4. The molecule has 12 N–H and O–H groups in total. The van der Waals surface area contributed by atoms with Gasteiger partial charge in [0.2, 0.25) is 0 Å². The molecule has 0 aromatic heterocycles. The minimum absolute atomic E-state index is 0. The van der Waals surface area contributed by atoms with E-state index in [4.69, 9.17) is 0 Å². The van der Waals surface area contributed by atoms with Gasteiger partial charge in [0, 0.05) is 74.6 Å². The van der Waals surface area contributed by atoms with Crippen molar-refractivity contribution in [2.75, 3.05) is 10.6 Å². The maximum Gasteiger partial charge on any atom is 1.00 e. The SMILES string of the molecule is O=[N+]([O-])c1ccc(O)c(N=Nc2c(S(=O)(=O)O)cc3cc(Nc4cccc(P(=O)(O)O)c4)ccc3c2O)c1.O=[N+]([O-])c1ccc(O)c(N=Nc2c(S(=O)(=O)O)cc3cc(Nc4cccc(P(=O)(O)O)c4)ccc3c2O)c1.[Co].[H+].[H+].[H+].[H+].[H+].[H+].[H+]. The molecular formula is C44H41CoN8O20P2S2+7. The Morgan fingerprint density at radius 2 is 0.831 bits per heavy atom. The Labute approximate surface area is 452 Å². The molecule has 0 aliphatic heterocycles. The van der Waals surface area contributed by atoms with Gasteiger partial charge in [0.25, 0.3) is 31.6 Å². The maximum atomic E-state index is 12.1. The summed E-state index contributed by atoms with van der Waals surface area (Å²) in [6, 6.07) is 27.2. The van der Waals surface area contributed by atoms with Crippen LogP contribution in [0.1, 0.15) is 9.99 Å². The molecule has 401 valence electrons. The predicted molar refractivity (Wildman–Crippen MR) is 279 cm³/mol. The largest absolute Gasteiger partial charge is 1.00 e. The van der Waals surface area contributed by atoms with E-state index in [0.717, 1.165) is 48.5 Å². The fourth-order valence-corrected chi connectivity index (χ4v) is 9.42. The number of nitrogens with zero attached hydrogens (tertiary/aromatic N) is 6. The zero-order chi connectivity index (χ0) is 55.7. The van der Waals surface area contributed by atoms with Gasteiger partial charge >= 0.3 is 25.2 Å². The average molecular weight is 1190 g/mol. The van der Waals surface area contributed by atoms with E-state index in [1.807, 2.05) is 0 Å². The van der Waals surface area contributed by atoms with Gasteiger partial charge in [-0.3, -0.25) is 38.5 Å². The minimum atomic E-state index is -4.97. The molecular weight excluding hydrogens is 1150 g/mol. The molecule has 33 heteroatoms. The van der Waals surface area contributed by atoms with Crippen LogP contribution in [0.25, 0.3) is 21.5 Å². The summed E-state index contributed by atoms with van der Waals surface area (Å²) in [4.78, 5) is 56.3. The van der Waals surface area contributed by atoms with Crippen molar-refractivity contribution < 1.29 is 112 Å². The number of benzene rings is 8. The third kappa shape index (κ3) is 13.8. The first-order chi connectivity index (χ1) is 35.5. The summed E-state index contributed by atoms with van der Waals surface area (Å²) in [6.45, 7) is 0. The van der Waals surface area contributed by atoms with Crippen molar-refractivity contribution in [3.63, 3.8) is 0 Å². The van der Waals surface area contributed by atoms with Crippen molar-refractivity contribution in [3.8, 4) is 23.0 Å². The van der Waals surface area contributed by atoms with E-state index in [0.29, 0.717) is 22.7 Å². The summed E-state index contributed by atoms with van der Waals surface area (Å²) in [5, 5.41) is 83.7. The van der Waals surface area contributed by atoms with Gasteiger partial charge in [-0.15, -0.1) is 20.5 Å². The first kappa shape index (κ1) is 58.0. The molecule has 0 saturated carbocycles. The van der Waals surface area contributed by atoms with E-state index in [1.165, 1.54) is 84.9 Å². The number of hydrogen-bond acceptors (Lipinski definition) is 20. The Morgan fingerprint density at radius 3 is 1.16 bits per heavy atom. The second-order valence-electron chi connectivity index (χ2n) is 15.7. The van der Waals surface area contributed by atoms with Gasteiger partial charge in [-0.25, -0.2) is 0 Å². The van der Waals surface area contributed by atoms with E-state index in [1.54, 1.807) is 0 Å². The summed E-state index contributed by atoms with van der Waals surface area (Å²) >= 11 is 0. The number of nitro groups is 2. The number of anilines is 4. The summed E-state index contributed by atoms with van der Waals surface area (Å²) in [7, 11) is -18.9. The molecule has 0 bridgehead atoms. The van der Waals surface area contributed by atoms with Crippen LogP contribution in [-0.4, -0.2) is 75.8 Å². The quantitative estimate of drug-likeness (QED) is 0.0158. The molecule has 0 spiro atoms. The van der Waals surface area contributed by atoms with Crippen LogP contribution >= 0.6 is 15.2 Å².